The highest BCUT2D eigenvalue weighted by Crippen LogP contribution is 2.33. The molecule has 1 amide bonds. The van der Waals surface area contributed by atoms with Crippen molar-refractivity contribution < 1.29 is 4.79 Å². The minimum Gasteiger partial charge on any atom is -0.302 e. The number of hydrogen-bond acceptors (Lipinski definition) is 6. The summed E-state index contributed by atoms with van der Waals surface area (Å²) in [5.41, 5.74) is 3.24. The number of hydrogen-bond donors (Lipinski definition) is 1. The molecule has 5 nitrogen and oxygen atoms in total. The first-order chi connectivity index (χ1) is 13.6. The van der Waals surface area contributed by atoms with Gasteiger partial charge in [-0.2, -0.15) is 0 Å². The Kier molecular flexibility index (Phi) is 5.85. The molecule has 1 aliphatic rings. The number of anilines is 1. The van der Waals surface area contributed by atoms with Crippen molar-refractivity contribution >= 4 is 33.7 Å². The molecule has 0 unspecified atom stereocenters. The number of carbonyl (C=O) groups is 1. The van der Waals surface area contributed by atoms with Gasteiger partial charge in [0, 0.05) is 17.8 Å². The number of aromatic nitrogens is 2. The van der Waals surface area contributed by atoms with Crippen LogP contribution in [0.1, 0.15) is 29.2 Å². The largest absolute Gasteiger partial charge is 0.302 e. The summed E-state index contributed by atoms with van der Waals surface area (Å²) < 4.78 is 0. The Balaban J connectivity index is 1.32. The van der Waals surface area contributed by atoms with Crippen LogP contribution in [0, 0.1) is 19.8 Å². The lowest BCUT2D eigenvalue weighted by Gasteiger charge is -2.30. The first kappa shape index (κ1) is 19.2. The zero-order valence-corrected chi connectivity index (χ0v) is 17.8. The van der Waals surface area contributed by atoms with Gasteiger partial charge in [-0.25, -0.2) is 9.97 Å². The lowest BCUT2D eigenvalue weighted by atomic mass is 9.96. The minimum absolute atomic E-state index is 0.0535. The van der Waals surface area contributed by atoms with Crippen LogP contribution in [0.3, 0.4) is 0 Å². The second kappa shape index (κ2) is 8.51. The highest BCUT2D eigenvalue weighted by Gasteiger charge is 2.26. The Bertz CT molecular complexity index is 942. The molecule has 4 rings (SSSR count). The fourth-order valence-corrected chi connectivity index (χ4v) is 5.16. The molecule has 1 saturated heterocycles. The standard InChI is InChI=1S/C21H24N4OS2/c1-14-19(16-6-4-3-5-7-16)28-21(22-14)24-20(26)17-8-10-25(11-9-17)12-18-13-27-15(2)23-18/h3-7,13,17H,8-12H2,1-2H3,(H,22,24,26). The van der Waals surface area contributed by atoms with Crippen LogP contribution in [0.25, 0.3) is 10.4 Å². The van der Waals surface area contributed by atoms with Crippen LogP contribution in [0.15, 0.2) is 35.7 Å². The van der Waals surface area contributed by atoms with E-state index in [1.807, 2.05) is 32.0 Å². The van der Waals surface area contributed by atoms with E-state index in [0.717, 1.165) is 59.3 Å². The molecule has 3 aromatic rings. The summed E-state index contributed by atoms with van der Waals surface area (Å²) in [7, 11) is 0. The summed E-state index contributed by atoms with van der Waals surface area (Å²) in [6.45, 7) is 6.77. The Hall–Kier alpha value is -2.09. The van der Waals surface area contributed by atoms with Crippen LogP contribution in [0.5, 0.6) is 0 Å². The van der Waals surface area contributed by atoms with Gasteiger partial charge in [0.1, 0.15) is 0 Å². The van der Waals surface area contributed by atoms with Gasteiger partial charge in [0.2, 0.25) is 5.91 Å². The predicted octanol–water partition coefficient (Wildman–Crippen LogP) is 4.73. The monoisotopic (exact) mass is 412 g/mol. The van der Waals surface area contributed by atoms with E-state index < -0.39 is 0 Å². The van der Waals surface area contributed by atoms with Crippen molar-refractivity contribution in [3.63, 3.8) is 0 Å². The smallest absolute Gasteiger partial charge is 0.229 e. The van der Waals surface area contributed by atoms with Gasteiger partial charge in [-0.05, 0) is 45.3 Å². The van der Waals surface area contributed by atoms with Crippen LogP contribution in [-0.4, -0.2) is 33.9 Å². The zero-order chi connectivity index (χ0) is 19.5. The third-order valence-corrected chi connectivity index (χ3v) is 7.02. The predicted molar refractivity (Wildman–Crippen MR) is 116 cm³/mol. The van der Waals surface area contributed by atoms with Crippen molar-refractivity contribution in [2.75, 3.05) is 18.4 Å². The van der Waals surface area contributed by atoms with Crippen molar-refractivity contribution in [1.82, 2.24) is 14.9 Å². The highest BCUT2D eigenvalue weighted by molar-refractivity contribution is 7.19. The maximum atomic E-state index is 12.7. The molecule has 7 heteroatoms. The number of likely N-dealkylation sites (tertiary alicyclic amines) is 1. The number of rotatable bonds is 5. The van der Waals surface area contributed by atoms with Crippen molar-refractivity contribution in [2.24, 2.45) is 5.92 Å². The minimum atomic E-state index is 0.0535. The number of benzene rings is 1. The van der Waals surface area contributed by atoms with Gasteiger partial charge in [-0.3, -0.25) is 9.69 Å². The van der Waals surface area contributed by atoms with Crippen LogP contribution in [0.2, 0.25) is 0 Å². The third kappa shape index (κ3) is 4.48. The fourth-order valence-electron chi connectivity index (χ4n) is 3.58. The number of piperidine rings is 1. The highest BCUT2D eigenvalue weighted by atomic mass is 32.1. The second-order valence-corrected chi connectivity index (χ2v) is 9.26. The van der Waals surface area contributed by atoms with E-state index in [4.69, 9.17) is 0 Å². The molecule has 146 valence electrons. The number of carbonyl (C=O) groups excluding carboxylic acids is 1. The third-order valence-electron chi connectivity index (χ3n) is 5.07. The van der Waals surface area contributed by atoms with E-state index in [9.17, 15) is 4.79 Å². The van der Waals surface area contributed by atoms with Gasteiger partial charge < -0.3 is 5.32 Å². The molecule has 0 aliphatic carbocycles. The van der Waals surface area contributed by atoms with Gasteiger partial charge >= 0.3 is 0 Å². The van der Waals surface area contributed by atoms with Crippen LogP contribution in [0.4, 0.5) is 5.13 Å². The van der Waals surface area contributed by atoms with E-state index in [-0.39, 0.29) is 11.8 Å². The molecule has 2 aromatic heterocycles. The van der Waals surface area contributed by atoms with Crippen molar-refractivity contribution in [3.8, 4) is 10.4 Å². The Morgan fingerprint density at radius 2 is 1.93 bits per heavy atom. The van der Waals surface area contributed by atoms with E-state index in [2.05, 4.69) is 37.7 Å². The summed E-state index contributed by atoms with van der Waals surface area (Å²) in [5, 5.41) is 6.98. The average Bonchev–Trinajstić information content (AvgIpc) is 3.28. The normalized spacial score (nSPS) is 15.6. The summed E-state index contributed by atoms with van der Waals surface area (Å²) in [6, 6.07) is 10.2. The molecular weight excluding hydrogens is 388 g/mol. The van der Waals surface area contributed by atoms with Crippen molar-refractivity contribution in [2.45, 2.75) is 33.2 Å². The van der Waals surface area contributed by atoms with Gasteiger partial charge in [-0.15, -0.1) is 11.3 Å². The summed E-state index contributed by atoms with van der Waals surface area (Å²) in [6.07, 6.45) is 1.76. The molecule has 1 fully saturated rings. The number of nitrogens with one attached hydrogen (secondary N) is 1. The maximum absolute atomic E-state index is 12.7. The van der Waals surface area contributed by atoms with E-state index in [1.165, 1.54) is 0 Å². The number of amides is 1. The molecule has 0 saturated carbocycles. The molecule has 0 atom stereocenters. The molecule has 1 aromatic carbocycles. The zero-order valence-electron chi connectivity index (χ0n) is 16.1. The van der Waals surface area contributed by atoms with E-state index in [1.54, 1.807) is 22.7 Å². The number of thiazole rings is 2. The van der Waals surface area contributed by atoms with Gasteiger partial charge in [0.05, 0.1) is 21.3 Å². The lowest BCUT2D eigenvalue weighted by Crippen LogP contribution is -2.37. The summed E-state index contributed by atoms with van der Waals surface area (Å²) in [5.74, 6) is 0.148. The number of aryl methyl sites for hydroxylation is 2. The molecule has 1 aliphatic heterocycles. The Morgan fingerprint density at radius 3 is 2.61 bits per heavy atom. The first-order valence-electron chi connectivity index (χ1n) is 9.55. The molecular formula is C21H24N4OS2. The van der Waals surface area contributed by atoms with Crippen LogP contribution < -0.4 is 5.32 Å². The molecule has 0 radical (unpaired) electrons. The van der Waals surface area contributed by atoms with Crippen molar-refractivity contribution in [1.29, 1.82) is 0 Å². The molecule has 3 heterocycles. The Labute approximate surface area is 173 Å². The lowest BCUT2D eigenvalue weighted by molar-refractivity contribution is -0.121. The van der Waals surface area contributed by atoms with Gasteiger partial charge in [0.15, 0.2) is 5.13 Å². The molecule has 1 N–H and O–H groups in total. The average molecular weight is 413 g/mol. The second-order valence-electron chi connectivity index (χ2n) is 7.20. The fraction of sp³-hybridized carbons (Fsp3) is 0.381. The Morgan fingerprint density at radius 1 is 1.18 bits per heavy atom. The number of nitrogens with zero attached hydrogens (tertiary/aromatic N) is 3. The van der Waals surface area contributed by atoms with E-state index >= 15 is 0 Å². The summed E-state index contributed by atoms with van der Waals surface area (Å²) >= 11 is 3.24. The molecule has 28 heavy (non-hydrogen) atoms. The SMILES string of the molecule is Cc1nc(CN2CCC(C(=O)Nc3nc(C)c(-c4ccccc4)s3)CC2)cs1. The quantitative estimate of drug-likeness (QED) is 0.658. The molecule has 0 bridgehead atoms. The van der Waals surface area contributed by atoms with Gasteiger partial charge in [0.25, 0.3) is 0 Å². The van der Waals surface area contributed by atoms with Crippen LogP contribution in [-0.2, 0) is 11.3 Å². The van der Waals surface area contributed by atoms with Crippen LogP contribution >= 0.6 is 22.7 Å². The summed E-state index contributed by atoms with van der Waals surface area (Å²) in [4.78, 5) is 25.3. The van der Waals surface area contributed by atoms with E-state index in [0.29, 0.717) is 5.13 Å². The molecule has 0 spiro atoms. The maximum Gasteiger partial charge on any atom is 0.229 e. The van der Waals surface area contributed by atoms with Gasteiger partial charge in [-0.1, -0.05) is 41.7 Å². The first-order valence-corrected chi connectivity index (χ1v) is 11.2. The topological polar surface area (TPSA) is 58.1 Å². The van der Waals surface area contributed by atoms with Crippen molar-refractivity contribution in [3.05, 3.63) is 52.1 Å².